The second kappa shape index (κ2) is 10.7. The van der Waals surface area contributed by atoms with Crippen LogP contribution in [0, 0.1) is 5.82 Å². The fraction of sp³-hybridized carbons (Fsp3) is 0.333. The normalized spacial score (nSPS) is 19.5. The number of carbonyl (C=O) groups is 3. The van der Waals surface area contributed by atoms with E-state index in [0.717, 1.165) is 17.2 Å². The number of pyridine rings is 1. The number of aryl methyl sites for hydroxylation is 1. The number of benzene rings is 1. The molecular formula is C30H29FN6O4. The van der Waals surface area contributed by atoms with Crippen LogP contribution in [0.25, 0.3) is 5.65 Å². The number of aromatic nitrogens is 4. The summed E-state index contributed by atoms with van der Waals surface area (Å²) in [6.45, 7) is 3.58. The third-order valence-electron chi connectivity index (χ3n) is 7.25. The Balaban J connectivity index is 1.37. The number of esters is 1. The van der Waals surface area contributed by atoms with Crippen molar-refractivity contribution in [2.45, 2.75) is 51.5 Å². The first-order valence-electron chi connectivity index (χ1n) is 15.3. The molecule has 2 atom stereocenters. The van der Waals surface area contributed by atoms with Gasteiger partial charge in [-0.2, -0.15) is 5.10 Å². The van der Waals surface area contributed by atoms with Crippen molar-refractivity contribution in [2.24, 2.45) is 0 Å². The summed E-state index contributed by atoms with van der Waals surface area (Å²) >= 11 is 0. The maximum absolute atomic E-state index is 14.8. The molecule has 1 unspecified atom stereocenters. The van der Waals surface area contributed by atoms with Gasteiger partial charge in [0.1, 0.15) is 17.2 Å². The zero-order valence-corrected chi connectivity index (χ0v) is 22.4. The van der Waals surface area contributed by atoms with Gasteiger partial charge in [-0.1, -0.05) is 12.1 Å². The first-order chi connectivity index (χ1) is 21.4. The van der Waals surface area contributed by atoms with Gasteiger partial charge in [0.05, 0.1) is 36.2 Å². The van der Waals surface area contributed by atoms with Gasteiger partial charge < -0.3 is 9.64 Å². The lowest BCUT2D eigenvalue weighted by Gasteiger charge is -2.28. The maximum Gasteiger partial charge on any atom is 0.343 e. The zero-order valence-electron chi connectivity index (χ0n) is 26.4. The molecule has 10 nitrogen and oxygen atoms in total. The van der Waals surface area contributed by atoms with E-state index in [1.807, 2.05) is 4.90 Å². The van der Waals surface area contributed by atoms with Gasteiger partial charge in [0.2, 0.25) is 0 Å². The second-order valence-corrected chi connectivity index (χ2v) is 9.75. The molecule has 2 amide bonds. The van der Waals surface area contributed by atoms with E-state index >= 15 is 0 Å². The minimum absolute atomic E-state index is 0.108. The van der Waals surface area contributed by atoms with Crippen molar-refractivity contribution in [1.29, 1.82) is 0 Å². The van der Waals surface area contributed by atoms with Gasteiger partial charge in [-0.05, 0) is 69.3 Å². The van der Waals surface area contributed by atoms with Crippen LogP contribution >= 0.6 is 0 Å². The van der Waals surface area contributed by atoms with Gasteiger partial charge in [0.25, 0.3) is 11.8 Å². The molecule has 5 heterocycles. The molecule has 1 aromatic carbocycles. The quantitative estimate of drug-likeness (QED) is 0.230. The number of carbonyl (C=O) groups excluding carboxylic acids is 3. The summed E-state index contributed by atoms with van der Waals surface area (Å²) in [7, 11) is 0. The van der Waals surface area contributed by atoms with Gasteiger partial charge in [0.15, 0.2) is 5.65 Å². The van der Waals surface area contributed by atoms with Crippen molar-refractivity contribution < 1.29 is 29.0 Å². The number of fused-ring (bicyclic) bond motifs is 2. The summed E-state index contributed by atoms with van der Waals surface area (Å²) in [6, 6.07) is 6.69. The molecule has 0 N–H and O–H groups in total. The highest BCUT2D eigenvalue weighted by Gasteiger charge is 2.38. The van der Waals surface area contributed by atoms with E-state index in [4.69, 9.17) is 10.2 Å². The van der Waals surface area contributed by atoms with E-state index < -0.39 is 48.4 Å². The Kier molecular flexibility index (Phi) is 5.77. The van der Waals surface area contributed by atoms with Crippen LogP contribution in [-0.4, -0.2) is 61.5 Å². The van der Waals surface area contributed by atoms with Gasteiger partial charge >= 0.3 is 5.97 Å². The van der Waals surface area contributed by atoms with E-state index in [9.17, 15) is 18.8 Å². The number of nitrogens with zero attached hydrogens (tertiary/aromatic N) is 6. The van der Waals surface area contributed by atoms with Crippen LogP contribution in [0.5, 0.6) is 0 Å². The molecule has 0 aliphatic carbocycles. The molecule has 0 saturated carbocycles. The number of imide groups is 1. The predicted octanol–water partition coefficient (Wildman–Crippen LogP) is 4.40. The zero-order chi connectivity index (χ0) is 32.3. The van der Waals surface area contributed by atoms with Gasteiger partial charge in [0, 0.05) is 30.0 Å². The topological polar surface area (TPSA) is 110 Å². The largest absolute Gasteiger partial charge is 0.462 e. The molecule has 41 heavy (non-hydrogen) atoms. The average Bonchev–Trinajstić information content (AvgIpc) is 3.73. The molecule has 3 aromatic heterocycles. The smallest absolute Gasteiger partial charge is 0.343 e. The fourth-order valence-electron chi connectivity index (χ4n) is 5.35. The number of amides is 2. The molecule has 11 heteroatoms. The monoisotopic (exact) mass is 560 g/mol. The first-order valence-corrected chi connectivity index (χ1v) is 13.3. The minimum atomic E-state index is -2.89. The maximum atomic E-state index is 14.8. The Morgan fingerprint density at radius 1 is 1.20 bits per heavy atom. The highest BCUT2D eigenvalue weighted by molar-refractivity contribution is 6.21. The minimum Gasteiger partial charge on any atom is -0.462 e. The number of hydrogen-bond acceptors (Lipinski definition) is 8. The molecule has 1 fully saturated rings. The van der Waals surface area contributed by atoms with Crippen LogP contribution in [0.2, 0.25) is 0 Å². The predicted molar refractivity (Wildman–Crippen MR) is 147 cm³/mol. The molecule has 0 spiro atoms. The lowest BCUT2D eigenvalue weighted by Crippen LogP contribution is -2.38. The standard InChI is InChI=1S/C30H29FN6O4/c1-3-41-30(40)23-17-33-36-14-12-26(34-27(23)36)35-13-6-9-25(35)22-15-19(31)16-32-24(22)11-10-18(2)37-28(38)20-7-4-5-8-21(20)29(37)39/h4-5,7-8,12,14-18,25H,3,6,9-11,13H2,1-2H3/t18-,25?/m1/s1/i10D2,11D2. The number of rotatable bonds is 8. The van der Waals surface area contributed by atoms with Crippen molar-refractivity contribution in [3.63, 3.8) is 0 Å². The van der Waals surface area contributed by atoms with Gasteiger partial charge in [-0.25, -0.2) is 18.7 Å². The van der Waals surface area contributed by atoms with E-state index in [1.54, 1.807) is 31.3 Å². The summed E-state index contributed by atoms with van der Waals surface area (Å²) < 4.78 is 57.4. The SMILES string of the molecule is [2H]C([2H])(c1ncc(F)cc1C1CCCN1c1ccn2ncc(C(=O)OCC)c2n1)C([2H])([2H])[C@@H](C)N1C(=O)c2ccccc2C1=O. The molecule has 2 aliphatic rings. The lowest BCUT2D eigenvalue weighted by molar-refractivity contribution is 0.0526. The Labute approximate surface area is 241 Å². The Hall–Kier alpha value is -4.67. The molecule has 6 rings (SSSR count). The van der Waals surface area contributed by atoms with Crippen LogP contribution in [0.1, 0.15) is 86.9 Å². The highest BCUT2D eigenvalue weighted by atomic mass is 19.1. The molecular weight excluding hydrogens is 527 g/mol. The third-order valence-corrected chi connectivity index (χ3v) is 7.25. The molecule has 1 saturated heterocycles. The van der Waals surface area contributed by atoms with E-state index in [2.05, 4.69) is 15.1 Å². The van der Waals surface area contributed by atoms with Crippen LogP contribution in [0.3, 0.4) is 0 Å². The van der Waals surface area contributed by atoms with Gasteiger partial charge in [-0.15, -0.1) is 0 Å². The Bertz CT molecular complexity index is 1820. The lowest BCUT2D eigenvalue weighted by atomic mass is 9.98. The Morgan fingerprint density at radius 2 is 1.95 bits per heavy atom. The number of ether oxygens (including phenoxy) is 1. The highest BCUT2D eigenvalue weighted by Crippen LogP contribution is 2.37. The summed E-state index contributed by atoms with van der Waals surface area (Å²) in [5.74, 6) is -2.36. The average molecular weight is 561 g/mol. The van der Waals surface area contributed by atoms with Crippen molar-refractivity contribution >= 4 is 29.2 Å². The van der Waals surface area contributed by atoms with Crippen LogP contribution in [-0.2, 0) is 11.1 Å². The number of halogens is 1. The van der Waals surface area contributed by atoms with Crippen LogP contribution in [0.4, 0.5) is 10.2 Å². The summed E-state index contributed by atoms with van der Waals surface area (Å²) in [6.07, 6.45) is -0.887. The molecule has 0 bridgehead atoms. The van der Waals surface area contributed by atoms with Crippen molar-refractivity contribution in [3.8, 4) is 0 Å². The summed E-state index contributed by atoms with van der Waals surface area (Å²) in [5.41, 5.74) is 0.386. The van der Waals surface area contributed by atoms with Crippen molar-refractivity contribution in [2.75, 3.05) is 18.1 Å². The van der Waals surface area contributed by atoms with Crippen LogP contribution in [0.15, 0.2) is 55.0 Å². The molecule has 210 valence electrons. The fourth-order valence-corrected chi connectivity index (χ4v) is 5.35. The van der Waals surface area contributed by atoms with Crippen molar-refractivity contribution in [1.82, 2.24) is 24.5 Å². The number of hydrogen-bond donors (Lipinski definition) is 0. The Morgan fingerprint density at radius 3 is 2.68 bits per heavy atom. The van der Waals surface area contributed by atoms with E-state index in [1.165, 1.54) is 29.8 Å². The van der Waals surface area contributed by atoms with E-state index in [0.29, 0.717) is 25.2 Å². The number of anilines is 1. The van der Waals surface area contributed by atoms with E-state index in [-0.39, 0.29) is 40.2 Å². The molecule has 4 aromatic rings. The van der Waals surface area contributed by atoms with Crippen molar-refractivity contribution in [3.05, 3.63) is 88.8 Å². The van der Waals surface area contributed by atoms with Crippen LogP contribution < -0.4 is 4.90 Å². The molecule has 2 aliphatic heterocycles. The second-order valence-electron chi connectivity index (χ2n) is 9.75. The van der Waals surface area contributed by atoms with Gasteiger partial charge in [-0.3, -0.25) is 19.5 Å². The third kappa shape index (κ3) is 4.71. The first kappa shape index (κ1) is 22.1. The summed E-state index contributed by atoms with van der Waals surface area (Å²) in [4.78, 5) is 50.1. The molecule has 0 radical (unpaired) electrons. The summed E-state index contributed by atoms with van der Waals surface area (Å²) in [5, 5.41) is 4.16.